The maximum Gasteiger partial charge on any atom is 0.0520 e. The Balaban J connectivity index is 2.32. The summed E-state index contributed by atoms with van der Waals surface area (Å²) in [6.45, 7) is 3.93. The Morgan fingerprint density at radius 3 is 3.00 bits per heavy atom. The Bertz CT molecular complexity index is 399. The van der Waals surface area contributed by atoms with Crippen molar-refractivity contribution in [3.8, 4) is 0 Å². The fourth-order valence-electron chi connectivity index (χ4n) is 2.29. The van der Waals surface area contributed by atoms with E-state index in [1.165, 1.54) is 11.1 Å². The second kappa shape index (κ2) is 4.60. The summed E-state index contributed by atoms with van der Waals surface area (Å²) >= 11 is 5.78. The molecule has 0 heterocycles. The van der Waals surface area contributed by atoms with Crippen molar-refractivity contribution in [2.24, 2.45) is 5.73 Å². The van der Waals surface area contributed by atoms with Crippen LogP contribution in [0.15, 0.2) is 36.4 Å². The number of hydrogen-bond donors (Lipinski definition) is 1. The standard InChI is InChI=1S/C14H16ClN/c1-11(10-15)9-14(16)8-4-6-12-5-2-3-7-13(12)14/h2-3,5,7H,1,4,6,9-10,16H2. The molecular weight excluding hydrogens is 218 g/mol. The average Bonchev–Trinajstić information content (AvgIpc) is 2.29. The van der Waals surface area contributed by atoms with Gasteiger partial charge in [-0.25, -0.2) is 0 Å². The summed E-state index contributed by atoms with van der Waals surface area (Å²) in [7, 11) is 0. The fraction of sp³-hybridized carbons (Fsp3) is 0.357. The predicted octanol–water partition coefficient (Wildman–Crippen LogP) is 3.05. The number of alkyl halides is 1. The molecule has 84 valence electrons. The molecule has 0 spiro atoms. The lowest BCUT2D eigenvalue weighted by Crippen LogP contribution is -2.41. The molecule has 0 bridgehead atoms. The Morgan fingerprint density at radius 1 is 1.50 bits per heavy atom. The molecule has 2 rings (SSSR count). The minimum Gasteiger partial charge on any atom is -0.321 e. The Hall–Kier alpha value is -0.790. The van der Waals surface area contributed by atoms with Crippen LogP contribution in [-0.2, 0) is 12.0 Å². The number of hydrogen-bond acceptors (Lipinski definition) is 1. The van der Waals surface area contributed by atoms with Crippen LogP contribution in [-0.4, -0.2) is 5.88 Å². The summed E-state index contributed by atoms with van der Waals surface area (Å²) < 4.78 is 0. The molecule has 1 aliphatic rings. The van der Waals surface area contributed by atoms with Gasteiger partial charge in [-0.3, -0.25) is 0 Å². The largest absolute Gasteiger partial charge is 0.321 e. The zero-order valence-electron chi connectivity index (χ0n) is 9.30. The molecule has 16 heavy (non-hydrogen) atoms. The summed E-state index contributed by atoms with van der Waals surface area (Å²) in [5, 5.41) is 0. The summed E-state index contributed by atoms with van der Waals surface area (Å²) in [4.78, 5) is 0. The number of aryl methyl sites for hydroxylation is 1. The van der Waals surface area contributed by atoms with Crippen molar-refractivity contribution < 1.29 is 0 Å². The number of halogens is 1. The van der Waals surface area contributed by atoms with Crippen molar-refractivity contribution >= 4 is 11.6 Å². The van der Waals surface area contributed by atoms with Crippen LogP contribution in [0.1, 0.15) is 24.0 Å². The highest BCUT2D eigenvalue weighted by Crippen LogP contribution is 2.36. The monoisotopic (exact) mass is 233 g/mol. The first-order valence-corrected chi connectivity index (χ1v) is 6.04. The molecule has 1 aliphatic carbocycles. The molecular formula is C14H16ClN. The molecule has 0 aliphatic heterocycles. The van der Waals surface area contributed by atoms with E-state index < -0.39 is 5.54 Å². The van der Waals surface area contributed by atoms with Gasteiger partial charge in [-0.2, -0.15) is 0 Å². The molecule has 0 amide bonds. The maximum atomic E-state index is 6.42. The van der Waals surface area contributed by atoms with Crippen LogP contribution in [0.5, 0.6) is 0 Å². The van der Waals surface area contributed by atoms with Gasteiger partial charge in [0.2, 0.25) is 0 Å². The molecule has 1 aromatic carbocycles. The lowest BCUT2D eigenvalue weighted by atomic mass is 9.74. The fourth-order valence-corrected chi connectivity index (χ4v) is 2.38. The Labute approximate surface area is 102 Å². The molecule has 0 saturated heterocycles. The summed E-state index contributed by atoms with van der Waals surface area (Å²) in [5.74, 6) is 0.461. The minimum atomic E-state index is -0.499. The third-order valence-corrected chi connectivity index (χ3v) is 3.43. The van der Waals surface area contributed by atoms with Crippen molar-refractivity contribution in [2.45, 2.75) is 24.8 Å². The highest BCUT2D eigenvalue weighted by atomic mass is 35.5. The molecule has 2 radical (unpaired) electrons. The summed E-state index contributed by atoms with van der Waals surface area (Å²) in [5.41, 5.74) is 9.38. The predicted molar refractivity (Wildman–Crippen MR) is 68.3 cm³/mol. The van der Waals surface area contributed by atoms with Gasteiger partial charge in [0.15, 0.2) is 0 Å². The number of fused-ring (bicyclic) bond motifs is 1. The zero-order chi connectivity index (χ0) is 11.6. The molecule has 2 heteroatoms. The van der Waals surface area contributed by atoms with E-state index in [1.54, 1.807) is 0 Å². The van der Waals surface area contributed by atoms with Gasteiger partial charge in [0.05, 0.1) is 5.54 Å². The lowest BCUT2D eigenvalue weighted by Gasteiger charge is -2.35. The summed E-state index contributed by atoms with van der Waals surface area (Å²) in [6.07, 6.45) is 6.00. The van der Waals surface area contributed by atoms with Crippen molar-refractivity contribution in [1.29, 1.82) is 0 Å². The third kappa shape index (κ3) is 2.16. The van der Waals surface area contributed by atoms with Crippen LogP contribution < -0.4 is 5.73 Å². The normalized spacial score (nSPS) is 23.9. The van der Waals surface area contributed by atoms with Crippen LogP contribution in [0.25, 0.3) is 0 Å². The minimum absolute atomic E-state index is 0.461. The highest BCUT2D eigenvalue weighted by Gasteiger charge is 2.33. The molecule has 2 N–H and O–H groups in total. The first-order valence-electron chi connectivity index (χ1n) is 5.50. The second-order valence-corrected chi connectivity index (χ2v) is 4.63. The van der Waals surface area contributed by atoms with Crippen LogP contribution in [0.2, 0.25) is 0 Å². The van der Waals surface area contributed by atoms with Crippen LogP contribution in [0.4, 0.5) is 0 Å². The molecule has 1 unspecified atom stereocenters. The number of benzene rings is 1. The van der Waals surface area contributed by atoms with Crippen LogP contribution >= 0.6 is 11.6 Å². The van der Waals surface area contributed by atoms with E-state index in [4.69, 9.17) is 17.3 Å². The molecule has 1 atom stereocenters. The van der Waals surface area contributed by atoms with Crippen molar-refractivity contribution in [2.75, 3.05) is 5.88 Å². The van der Waals surface area contributed by atoms with Gasteiger partial charge in [0.1, 0.15) is 0 Å². The SMILES string of the molecule is C=C(CCl)CC1(N)[C]CCc2ccccc21. The van der Waals surface area contributed by atoms with E-state index in [2.05, 4.69) is 31.2 Å². The summed E-state index contributed by atoms with van der Waals surface area (Å²) in [6, 6.07) is 8.31. The van der Waals surface area contributed by atoms with E-state index in [-0.39, 0.29) is 0 Å². The van der Waals surface area contributed by atoms with Gasteiger partial charge >= 0.3 is 0 Å². The average molecular weight is 234 g/mol. The third-order valence-electron chi connectivity index (χ3n) is 3.05. The smallest absolute Gasteiger partial charge is 0.0520 e. The number of rotatable bonds is 3. The van der Waals surface area contributed by atoms with Crippen LogP contribution in [0, 0.1) is 6.42 Å². The van der Waals surface area contributed by atoms with Crippen LogP contribution in [0.3, 0.4) is 0 Å². The van der Waals surface area contributed by atoms with Gasteiger partial charge in [-0.15, -0.1) is 11.6 Å². The van der Waals surface area contributed by atoms with Gasteiger partial charge < -0.3 is 5.73 Å². The van der Waals surface area contributed by atoms with Crippen molar-refractivity contribution in [3.05, 3.63) is 54.0 Å². The van der Waals surface area contributed by atoms with Gasteiger partial charge in [0.25, 0.3) is 0 Å². The topological polar surface area (TPSA) is 26.0 Å². The van der Waals surface area contributed by atoms with Gasteiger partial charge in [-0.05, 0) is 30.4 Å². The second-order valence-electron chi connectivity index (χ2n) is 4.37. The van der Waals surface area contributed by atoms with Crippen molar-refractivity contribution in [1.82, 2.24) is 0 Å². The molecule has 1 nitrogen and oxygen atoms in total. The quantitative estimate of drug-likeness (QED) is 0.630. The van der Waals surface area contributed by atoms with E-state index in [0.717, 1.165) is 18.4 Å². The van der Waals surface area contributed by atoms with Gasteiger partial charge in [-0.1, -0.05) is 36.4 Å². The van der Waals surface area contributed by atoms with Gasteiger partial charge in [0, 0.05) is 12.3 Å². The van der Waals surface area contributed by atoms with E-state index in [9.17, 15) is 0 Å². The molecule has 1 aromatic rings. The molecule has 0 saturated carbocycles. The van der Waals surface area contributed by atoms with E-state index in [1.807, 2.05) is 6.07 Å². The maximum absolute atomic E-state index is 6.42. The van der Waals surface area contributed by atoms with E-state index in [0.29, 0.717) is 12.3 Å². The zero-order valence-corrected chi connectivity index (χ0v) is 10.1. The first-order chi connectivity index (χ1) is 7.65. The Morgan fingerprint density at radius 2 is 2.25 bits per heavy atom. The van der Waals surface area contributed by atoms with Crippen molar-refractivity contribution in [3.63, 3.8) is 0 Å². The Kier molecular flexibility index (Phi) is 3.36. The highest BCUT2D eigenvalue weighted by molar-refractivity contribution is 6.19. The first kappa shape index (κ1) is 11.7. The molecule has 0 fully saturated rings. The molecule has 0 aromatic heterocycles. The lowest BCUT2D eigenvalue weighted by molar-refractivity contribution is 0.468. The van der Waals surface area contributed by atoms with E-state index >= 15 is 0 Å². The number of nitrogens with two attached hydrogens (primary N) is 1.